The smallest absolute Gasteiger partial charge is 0.219 e. The van der Waals surface area contributed by atoms with Crippen LogP contribution in [0.4, 0.5) is 0 Å². The van der Waals surface area contributed by atoms with Gasteiger partial charge in [0.25, 0.3) is 0 Å². The zero-order valence-corrected chi connectivity index (χ0v) is 13.2. The molecule has 0 radical (unpaired) electrons. The average Bonchev–Trinajstić information content (AvgIpc) is 2.54. The second-order valence-electron chi connectivity index (χ2n) is 4.43. The molecule has 1 aromatic heterocycles. The summed E-state index contributed by atoms with van der Waals surface area (Å²) < 4.78 is 10.8. The van der Waals surface area contributed by atoms with Crippen molar-refractivity contribution in [2.75, 3.05) is 26.5 Å². The van der Waals surface area contributed by atoms with Gasteiger partial charge in [-0.1, -0.05) is 18.2 Å². The van der Waals surface area contributed by atoms with E-state index in [0.29, 0.717) is 12.5 Å². The third-order valence-electron chi connectivity index (χ3n) is 2.89. The first-order valence-corrected chi connectivity index (χ1v) is 8.01. The first kappa shape index (κ1) is 15.8. The van der Waals surface area contributed by atoms with E-state index in [1.54, 1.807) is 18.9 Å². The van der Waals surface area contributed by atoms with Gasteiger partial charge in [-0.05, 0) is 24.0 Å². The number of nitrogens with one attached hydrogen (secondary N) is 1. The summed E-state index contributed by atoms with van der Waals surface area (Å²) in [6.45, 7) is 2.31. The largest absolute Gasteiger partial charge is 0.438 e. The van der Waals surface area contributed by atoms with Crippen LogP contribution < -0.4 is 10.1 Å². The van der Waals surface area contributed by atoms with Crippen LogP contribution in [0.25, 0.3) is 0 Å². The van der Waals surface area contributed by atoms with Gasteiger partial charge in [-0.15, -0.1) is 11.8 Å². The molecule has 0 aliphatic rings. The summed E-state index contributed by atoms with van der Waals surface area (Å²) in [4.78, 5) is 5.45. The molecule has 0 saturated heterocycles. The van der Waals surface area contributed by atoms with Crippen LogP contribution in [0.1, 0.15) is 5.56 Å². The average molecular weight is 304 g/mol. The number of hydrogen-bond donors (Lipinski definition) is 1. The highest BCUT2D eigenvalue weighted by Crippen LogP contribution is 2.30. The lowest BCUT2D eigenvalue weighted by Crippen LogP contribution is -2.18. The zero-order chi connectivity index (χ0) is 14.9. The lowest BCUT2D eigenvalue weighted by atomic mass is 10.3. The van der Waals surface area contributed by atoms with Crippen molar-refractivity contribution in [1.29, 1.82) is 0 Å². The SMILES string of the molecule is COCCNCc1ccc(Oc2ccccc2SC)nc1. The van der Waals surface area contributed by atoms with Gasteiger partial charge in [0.05, 0.1) is 6.61 Å². The van der Waals surface area contributed by atoms with Crippen molar-refractivity contribution in [1.82, 2.24) is 10.3 Å². The number of pyridine rings is 1. The second kappa shape index (κ2) is 8.67. The van der Waals surface area contributed by atoms with Crippen LogP contribution in [0.2, 0.25) is 0 Å². The predicted octanol–water partition coefficient (Wildman–Crippen LogP) is 3.33. The molecule has 2 rings (SSSR count). The second-order valence-corrected chi connectivity index (χ2v) is 5.28. The Hall–Kier alpha value is -1.56. The van der Waals surface area contributed by atoms with Crippen molar-refractivity contribution in [2.45, 2.75) is 11.4 Å². The van der Waals surface area contributed by atoms with Crippen LogP contribution in [-0.4, -0.2) is 31.5 Å². The van der Waals surface area contributed by atoms with Gasteiger partial charge in [-0.25, -0.2) is 4.98 Å². The van der Waals surface area contributed by atoms with Crippen LogP contribution in [0.5, 0.6) is 11.6 Å². The number of thioether (sulfide) groups is 1. The number of para-hydroxylation sites is 1. The third kappa shape index (κ3) is 5.04. The molecule has 5 heteroatoms. The normalized spacial score (nSPS) is 10.6. The molecule has 0 aliphatic carbocycles. The minimum absolute atomic E-state index is 0.608. The van der Waals surface area contributed by atoms with Gasteiger partial charge in [-0.2, -0.15) is 0 Å². The molecule has 0 amide bonds. The third-order valence-corrected chi connectivity index (χ3v) is 3.67. The van der Waals surface area contributed by atoms with Crippen molar-refractivity contribution in [3.05, 3.63) is 48.2 Å². The highest BCUT2D eigenvalue weighted by atomic mass is 32.2. The first-order chi connectivity index (χ1) is 10.3. The molecule has 0 bridgehead atoms. The topological polar surface area (TPSA) is 43.4 Å². The summed E-state index contributed by atoms with van der Waals surface area (Å²) in [5.41, 5.74) is 1.12. The van der Waals surface area contributed by atoms with Gasteiger partial charge >= 0.3 is 0 Å². The van der Waals surface area contributed by atoms with Gasteiger partial charge in [0.1, 0.15) is 5.75 Å². The standard InChI is InChI=1S/C16H20N2O2S/c1-19-10-9-17-11-13-7-8-16(18-12-13)20-14-5-3-4-6-15(14)21-2/h3-8,12,17H,9-11H2,1-2H3. The maximum Gasteiger partial charge on any atom is 0.219 e. The molecular weight excluding hydrogens is 284 g/mol. The monoisotopic (exact) mass is 304 g/mol. The van der Waals surface area contributed by atoms with E-state index in [2.05, 4.69) is 10.3 Å². The maximum absolute atomic E-state index is 5.83. The highest BCUT2D eigenvalue weighted by Gasteiger charge is 2.04. The number of hydrogen-bond acceptors (Lipinski definition) is 5. The molecule has 1 heterocycles. The highest BCUT2D eigenvalue weighted by molar-refractivity contribution is 7.98. The number of aromatic nitrogens is 1. The Morgan fingerprint density at radius 3 is 2.76 bits per heavy atom. The molecule has 4 nitrogen and oxygen atoms in total. The molecule has 1 aromatic carbocycles. The fraction of sp³-hybridized carbons (Fsp3) is 0.312. The van der Waals surface area contributed by atoms with Crippen molar-refractivity contribution >= 4 is 11.8 Å². The Kier molecular flexibility index (Phi) is 6.53. The summed E-state index contributed by atoms with van der Waals surface area (Å²) in [6, 6.07) is 11.9. The molecule has 1 N–H and O–H groups in total. The lowest BCUT2D eigenvalue weighted by molar-refractivity contribution is 0.199. The summed E-state index contributed by atoms with van der Waals surface area (Å²) >= 11 is 1.66. The molecule has 0 aliphatic heterocycles. The van der Waals surface area contributed by atoms with E-state index in [9.17, 15) is 0 Å². The van der Waals surface area contributed by atoms with E-state index in [1.165, 1.54) is 0 Å². The molecule has 0 saturated carbocycles. The summed E-state index contributed by atoms with van der Waals surface area (Å²) in [6.07, 6.45) is 3.86. The van der Waals surface area contributed by atoms with E-state index in [0.717, 1.165) is 29.3 Å². The number of nitrogens with zero attached hydrogens (tertiary/aromatic N) is 1. The number of rotatable bonds is 8. The Morgan fingerprint density at radius 1 is 1.19 bits per heavy atom. The van der Waals surface area contributed by atoms with E-state index in [4.69, 9.17) is 9.47 Å². The molecule has 112 valence electrons. The van der Waals surface area contributed by atoms with Crippen LogP contribution in [0, 0.1) is 0 Å². The molecule has 2 aromatic rings. The van der Waals surface area contributed by atoms with Crippen LogP contribution >= 0.6 is 11.8 Å². The van der Waals surface area contributed by atoms with E-state index in [-0.39, 0.29) is 0 Å². The van der Waals surface area contributed by atoms with Crippen LogP contribution in [0.3, 0.4) is 0 Å². The van der Waals surface area contributed by atoms with Gasteiger partial charge in [0, 0.05) is 37.4 Å². The van der Waals surface area contributed by atoms with Gasteiger partial charge in [0.2, 0.25) is 5.88 Å². The number of methoxy groups -OCH3 is 1. The summed E-state index contributed by atoms with van der Waals surface area (Å²) in [7, 11) is 1.70. The molecule has 0 atom stereocenters. The Labute approximate surface area is 129 Å². The summed E-state index contributed by atoms with van der Waals surface area (Å²) in [5, 5.41) is 3.28. The quantitative estimate of drug-likeness (QED) is 0.598. The van der Waals surface area contributed by atoms with Crippen molar-refractivity contribution < 1.29 is 9.47 Å². The zero-order valence-electron chi connectivity index (χ0n) is 12.3. The minimum atomic E-state index is 0.608. The fourth-order valence-corrected chi connectivity index (χ4v) is 2.32. The van der Waals surface area contributed by atoms with Gasteiger partial charge in [-0.3, -0.25) is 0 Å². The molecular formula is C16H20N2O2S. The molecule has 0 unspecified atom stereocenters. The number of ether oxygens (including phenoxy) is 2. The van der Waals surface area contributed by atoms with Gasteiger partial charge < -0.3 is 14.8 Å². The molecule has 0 fully saturated rings. The first-order valence-electron chi connectivity index (χ1n) is 6.79. The van der Waals surface area contributed by atoms with Crippen molar-refractivity contribution in [3.8, 4) is 11.6 Å². The minimum Gasteiger partial charge on any atom is -0.438 e. The Balaban J connectivity index is 1.93. The van der Waals surface area contributed by atoms with Gasteiger partial charge in [0.15, 0.2) is 0 Å². The Bertz CT molecular complexity index is 546. The number of benzene rings is 1. The summed E-state index contributed by atoms with van der Waals surface area (Å²) in [5.74, 6) is 1.45. The van der Waals surface area contributed by atoms with Crippen molar-refractivity contribution in [3.63, 3.8) is 0 Å². The van der Waals surface area contributed by atoms with E-state index in [1.807, 2.05) is 48.9 Å². The molecule has 0 spiro atoms. The lowest BCUT2D eigenvalue weighted by Gasteiger charge is -2.09. The fourth-order valence-electron chi connectivity index (χ4n) is 1.80. The van der Waals surface area contributed by atoms with E-state index >= 15 is 0 Å². The van der Waals surface area contributed by atoms with Crippen LogP contribution in [0.15, 0.2) is 47.5 Å². The van der Waals surface area contributed by atoms with Crippen LogP contribution in [-0.2, 0) is 11.3 Å². The predicted molar refractivity (Wildman–Crippen MR) is 86.1 cm³/mol. The Morgan fingerprint density at radius 2 is 2.05 bits per heavy atom. The van der Waals surface area contributed by atoms with Crippen molar-refractivity contribution in [2.24, 2.45) is 0 Å². The maximum atomic E-state index is 5.83. The van der Waals surface area contributed by atoms with E-state index < -0.39 is 0 Å². The molecule has 21 heavy (non-hydrogen) atoms.